The molecule has 2 aromatic heterocycles. The van der Waals surface area contributed by atoms with E-state index in [0.29, 0.717) is 27.6 Å². The summed E-state index contributed by atoms with van der Waals surface area (Å²) in [4.78, 5) is 37.4. The fourth-order valence-electron chi connectivity index (χ4n) is 4.32. The van der Waals surface area contributed by atoms with Crippen LogP contribution in [0, 0.1) is 13.8 Å². The molecule has 1 aliphatic rings. The summed E-state index contributed by atoms with van der Waals surface area (Å²) in [5.41, 5.74) is 2.09. The van der Waals surface area contributed by atoms with E-state index in [4.69, 9.17) is 4.74 Å². The van der Waals surface area contributed by atoms with Crippen molar-refractivity contribution in [2.75, 3.05) is 0 Å². The highest BCUT2D eigenvalue weighted by Crippen LogP contribution is 2.42. The van der Waals surface area contributed by atoms with E-state index in [1.807, 2.05) is 55.5 Å². The first-order valence-corrected chi connectivity index (χ1v) is 12.2. The molecule has 0 spiro atoms. The summed E-state index contributed by atoms with van der Waals surface area (Å²) >= 11 is 1.25. The lowest BCUT2D eigenvalue weighted by Crippen LogP contribution is -2.30. The molecule has 36 heavy (non-hydrogen) atoms. The first-order valence-electron chi connectivity index (χ1n) is 11.4. The number of para-hydroxylation sites is 1. The lowest BCUT2D eigenvalue weighted by Gasteiger charge is -2.27. The molecule has 8 heteroatoms. The van der Waals surface area contributed by atoms with Crippen LogP contribution in [0.2, 0.25) is 0 Å². The molecular formula is C28H23N3O4S. The Balaban J connectivity index is 1.58. The Morgan fingerprint density at radius 3 is 2.44 bits per heavy atom. The second-order valence-corrected chi connectivity index (χ2v) is 9.62. The Morgan fingerprint density at radius 2 is 1.75 bits per heavy atom. The number of carbonyl (C=O) groups is 2. The molecule has 1 unspecified atom stereocenters. The van der Waals surface area contributed by atoms with Crippen LogP contribution in [0.1, 0.15) is 37.5 Å². The molecule has 3 heterocycles. The van der Waals surface area contributed by atoms with Crippen LogP contribution in [0.25, 0.3) is 0 Å². The van der Waals surface area contributed by atoms with E-state index in [0.717, 1.165) is 10.6 Å². The number of ether oxygens (including phenoxy) is 1. The molecule has 1 aliphatic heterocycles. The van der Waals surface area contributed by atoms with Crippen molar-refractivity contribution < 1.29 is 19.4 Å². The minimum atomic E-state index is -0.806. The minimum Gasteiger partial charge on any atom is -0.503 e. The number of aliphatic hydroxyl groups excluding tert-OH is 1. The number of aromatic nitrogens is 2. The normalized spacial score (nSPS) is 15.4. The molecule has 4 aromatic rings. The summed E-state index contributed by atoms with van der Waals surface area (Å²) < 4.78 is 6.01. The summed E-state index contributed by atoms with van der Waals surface area (Å²) in [7, 11) is 0. The molecule has 0 aliphatic carbocycles. The number of rotatable bonds is 7. The lowest BCUT2D eigenvalue weighted by molar-refractivity contribution is -0.130. The maximum atomic E-state index is 13.7. The smallest absolute Gasteiger partial charge is 0.290 e. The molecule has 0 bridgehead atoms. The predicted octanol–water partition coefficient (Wildman–Crippen LogP) is 5.73. The van der Waals surface area contributed by atoms with E-state index in [-0.39, 0.29) is 12.1 Å². The van der Waals surface area contributed by atoms with Crippen molar-refractivity contribution in [2.24, 2.45) is 0 Å². The van der Waals surface area contributed by atoms with Gasteiger partial charge < -0.3 is 14.7 Å². The van der Waals surface area contributed by atoms with Gasteiger partial charge in [-0.3, -0.25) is 14.6 Å². The van der Waals surface area contributed by atoms with Gasteiger partial charge in [-0.1, -0.05) is 30.3 Å². The number of pyridine rings is 1. The van der Waals surface area contributed by atoms with Gasteiger partial charge in [0.15, 0.2) is 5.76 Å². The van der Waals surface area contributed by atoms with Crippen LogP contribution in [0.15, 0.2) is 90.5 Å². The highest BCUT2D eigenvalue weighted by molar-refractivity contribution is 7.14. The Labute approximate surface area is 212 Å². The van der Waals surface area contributed by atoms with Gasteiger partial charge in [0.05, 0.1) is 27.2 Å². The van der Waals surface area contributed by atoms with E-state index in [1.54, 1.807) is 37.5 Å². The SMILES string of the molecule is Cc1nc(C)c(C(=O)C2=C(O)C(=O)N(Cc3ccncc3)C2c2cccc(Oc3ccccc3)c2)s1. The summed E-state index contributed by atoms with van der Waals surface area (Å²) in [6, 6.07) is 19.4. The van der Waals surface area contributed by atoms with E-state index >= 15 is 0 Å². The number of amides is 1. The van der Waals surface area contributed by atoms with Crippen LogP contribution in [0.5, 0.6) is 11.5 Å². The summed E-state index contributed by atoms with van der Waals surface area (Å²) in [5, 5.41) is 11.7. The largest absolute Gasteiger partial charge is 0.503 e. The lowest BCUT2D eigenvalue weighted by atomic mass is 9.94. The van der Waals surface area contributed by atoms with Crippen molar-refractivity contribution in [3.05, 3.63) is 117 Å². The third-order valence-corrected chi connectivity index (χ3v) is 6.98. The van der Waals surface area contributed by atoms with Crippen molar-refractivity contribution >= 4 is 23.0 Å². The van der Waals surface area contributed by atoms with Gasteiger partial charge >= 0.3 is 0 Å². The Kier molecular flexibility index (Phi) is 6.35. The molecular weight excluding hydrogens is 474 g/mol. The van der Waals surface area contributed by atoms with Gasteiger partial charge in [-0.2, -0.15) is 0 Å². The Hall–Kier alpha value is -4.30. The van der Waals surface area contributed by atoms with Crippen LogP contribution >= 0.6 is 11.3 Å². The first kappa shape index (κ1) is 23.4. The summed E-state index contributed by atoms with van der Waals surface area (Å²) in [6.07, 6.45) is 3.28. The minimum absolute atomic E-state index is 0.0395. The molecule has 1 atom stereocenters. The topological polar surface area (TPSA) is 92.6 Å². The van der Waals surface area contributed by atoms with Gasteiger partial charge in [-0.25, -0.2) is 4.98 Å². The number of hydrogen-bond donors (Lipinski definition) is 1. The van der Waals surface area contributed by atoms with Crippen LogP contribution in [-0.4, -0.2) is 31.7 Å². The number of benzene rings is 2. The monoisotopic (exact) mass is 497 g/mol. The van der Waals surface area contributed by atoms with Crippen molar-refractivity contribution in [1.82, 2.24) is 14.9 Å². The third kappa shape index (κ3) is 4.50. The average Bonchev–Trinajstić information content (AvgIpc) is 3.35. The molecule has 0 fully saturated rings. The van der Waals surface area contributed by atoms with Crippen molar-refractivity contribution in [3.8, 4) is 11.5 Å². The van der Waals surface area contributed by atoms with Crippen LogP contribution in [0.4, 0.5) is 0 Å². The second-order valence-electron chi connectivity index (χ2n) is 8.42. The first-order chi connectivity index (χ1) is 17.4. The number of aryl methyl sites for hydroxylation is 2. The number of hydrogen-bond acceptors (Lipinski definition) is 7. The Bertz CT molecular complexity index is 1460. The maximum Gasteiger partial charge on any atom is 0.290 e. The number of Topliss-reactive ketones (excluding diaryl/α,β-unsaturated/α-hetero) is 1. The fraction of sp³-hybridized carbons (Fsp3) is 0.143. The highest BCUT2D eigenvalue weighted by Gasteiger charge is 2.44. The van der Waals surface area contributed by atoms with Gasteiger partial charge in [0.25, 0.3) is 5.91 Å². The number of aliphatic hydroxyl groups is 1. The zero-order valence-corrected chi connectivity index (χ0v) is 20.5. The molecule has 0 saturated heterocycles. The second kappa shape index (κ2) is 9.75. The van der Waals surface area contributed by atoms with Crippen LogP contribution < -0.4 is 4.74 Å². The van der Waals surface area contributed by atoms with Gasteiger partial charge in [-0.15, -0.1) is 11.3 Å². The summed E-state index contributed by atoms with van der Waals surface area (Å²) in [5.74, 6) is -0.331. The van der Waals surface area contributed by atoms with E-state index < -0.39 is 23.5 Å². The number of ketones is 1. The molecule has 5 rings (SSSR count). The van der Waals surface area contributed by atoms with Crippen molar-refractivity contribution in [1.29, 1.82) is 0 Å². The van der Waals surface area contributed by atoms with Crippen LogP contribution in [0.3, 0.4) is 0 Å². The van der Waals surface area contributed by atoms with E-state index in [2.05, 4.69) is 9.97 Å². The zero-order valence-electron chi connectivity index (χ0n) is 19.7. The van der Waals surface area contributed by atoms with E-state index in [1.165, 1.54) is 16.2 Å². The van der Waals surface area contributed by atoms with Gasteiger partial charge in [0, 0.05) is 18.9 Å². The van der Waals surface area contributed by atoms with Crippen molar-refractivity contribution in [3.63, 3.8) is 0 Å². The molecule has 180 valence electrons. The summed E-state index contributed by atoms with van der Waals surface area (Å²) in [6.45, 7) is 3.76. The Morgan fingerprint density at radius 1 is 1.03 bits per heavy atom. The highest BCUT2D eigenvalue weighted by atomic mass is 32.1. The number of thiazole rings is 1. The number of nitrogens with zero attached hydrogens (tertiary/aromatic N) is 3. The third-order valence-electron chi connectivity index (χ3n) is 5.91. The van der Waals surface area contributed by atoms with Crippen LogP contribution in [-0.2, 0) is 11.3 Å². The number of carbonyl (C=O) groups excluding carboxylic acids is 2. The average molecular weight is 498 g/mol. The molecule has 0 saturated carbocycles. The fourth-order valence-corrected chi connectivity index (χ4v) is 5.19. The predicted molar refractivity (Wildman–Crippen MR) is 136 cm³/mol. The van der Waals surface area contributed by atoms with Gasteiger partial charge in [-0.05, 0) is 61.4 Å². The van der Waals surface area contributed by atoms with E-state index in [9.17, 15) is 14.7 Å². The zero-order chi connectivity index (χ0) is 25.2. The maximum absolute atomic E-state index is 13.7. The molecule has 2 aromatic carbocycles. The molecule has 7 nitrogen and oxygen atoms in total. The van der Waals surface area contributed by atoms with Crippen molar-refractivity contribution in [2.45, 2.75) is 26.4 Å². The molecule has 1 N–H and O–H groups in total. The standard InChI is InChI=1S/C28H23N3O4S/c1-17-27(36-18(2)30-17)25(32)23-24(31(28(34)26(23)33)16-19-11-13-29-14-12-19)20-7-6-10-22(15-20)35-21-8-4-3-5-9-21/h3-15,24,33H,16H2,1-2H3. The molecule has 1 amide bonds. The van der Waals surface area contributed by atoms with Gasteiger partial charge in [0.2, 0.25) is 5.78 Å². The quantitative estimate of drug-likeness (QED) is 0.328. The molecule has 0 radical (unpaired) electrons. The van der Waals surface area contributed by atoms with Gasteiger partial charge in [0.1, 0.15) is 11.5 Å².